The zero-order valence-electron chi connectivity index (χ0n) is 13.3. The topological polar surface area (TPSA) is 55.8 Å². The van der Waals surface area contributed by atoms with Crippen LogP contribution in [0.2, 0.25) is 0 Å². The summed E-state index contributed by atoms with van der Waals surface area (Å²) < 4.78 is 14.3. The summed E-state index contributed by atoms with van der Waals surface area (Å²) in [5.41, 5.74) is 1.34. The molecule has 1 aromatic carbocycles. The Labute approximate surface area is 136 Å². The number of halogens is 1. The highest BCUT2D eigenvalue weighted by Gasteiger charge is 2.20. The van der Waals surface area contributed by atoms with Crippen molar-refractivity contribution in [2.75, 3.05) is 31.1 Å². The Morgan fingerprint density at radius 2 is 1.91 bits per heavy atom. The van der Waals surface area contributed by atoms with E-state index in [9.17, 15) is 14.3 Å². The number of aliphatic hydroxyl groups is 1. The number of aliphatic hydroxyl groups excluding tert-OH is 1. The lowest BCUT2D eigenvalue weighted by molar-refractivity contribution is 0.145. The third-order valence-electron chi connectivity index (χ3n) is 4.65. The van der Waals surface area contributed by atoms with Gasteiger partial charge in [-0.25, -0.2) is 9.18 Å². The first kappa shape index (κ1) is 16.1. The summed E-state index contributed by atoms with van der Waals surface area (Å²) in [6, 6.07) is 5.04. The van der Waals surface area contributed by atoms with E-state index in [-0.39, 0.29) is 18.0 Å². The van der Waals surface area contributed by atoms with E-state index in [0.29, 0.717) is 38.2 Å². The molecule has 0 radical (unpaired) electrons. The second kappa shape index (κ2) is 7.17. The molecule has 3 rings (SSSR count). The van der Waals surface area contributed by atoms with Gasteiger partial charge in [-0.3, -0.25) is 0 Å². The Hall–Kier alpha value is -1.82. The average molecular weight is 321 g/mol. The lowest BCUT2D eigenvalue weighted by Crippen LogP contribution is -2.37. The molecule has 2 saturated heterocycles. The fourth-order valence-electron chi connectivity index (χ4n) is 3.23. The number of anilines is 1. The van der Waals surface area contributed by atoms with Gasteiger partial charge in [-0.1, -0.05) is 6.07 Å². The van der Waals surface area contributed by atoms with Crippen LogP contribution < -0.4 is 10.2 Å². The number of amides is 2. The number of urea groups is 1. The number of carbonyl (C=O) groups is 1. The van der Waals surface area contributed by atoms with E-state index in [1.165, 1.54) is 6.07 Å². The number of benzene rings is 1. The number of carbonyl (C=O) groups excluding carboxylic acids is 1. The highest BCUT2D eigenvalue weighted by atomic mass is 19.1. The molecular formula is C17H24FN3O2. The van der Waals surface area contributed by atoms with Crippen molar-refractivity contribution >= 4 is 11.7 Å². The Kier molecular flexibility index (Phi) is 5.00. The minimum atomic E-state index is -0.269. The molecule has 0 saturated carbocycles. The summed E-state index contributed by atoms with van der Waals surface area (Å²) in [4.78, 5) is 15.7. The molecule has 5 nitrogen and oxygen atoms in total. The van der Waals surface area contributed by atoms with Crippen LogP contribution in [0.1, 0.15) is 31.2 Å². The average Bonchev–Trinajstić information content (AvgIpc) is 3.08. The van der Waals surface area contributed by atoms with Gasteiger partial charge in [0.1, 0.15) is 5.82 Å². The summed E-state index contributed by atoms with van der Waals surface area (Å²) in [5.74, 6) is -0.269. The van der Waals surface area contributed by atoms with Crippen molar-refractivity contribution < 1.29 is 14.3 Å². The van der Waals surface area contributed by atoms with Crippen molar-refractivity contribution in [3.8, 4) is 0 Å². The van der Waals surface area contributed by atoms with Crippen LogP contribution in [0.25, 0.3) is 0 Å². The minimum Gasteiger partial charge on any atom is -0.393 e. The molecule has 2 N–H and O–H groups in total. The third-order valence-corrected chi connectivity index (χ3v) is 4.65. The van der Waals surface area contributed by atoms with Gasteiger partial charge in [0.2, 0.25) is 0 Å². The van der Waals surface area contributed by atoms with Crippen molar-refractivity contribution in [2.45, 2.75) is 38.3 Å². The van der Waals surface area contributed by atoms with E-state index in [1.807, 2.05) is 11.0 Å². The van der Waals surface area contributed by atoms with Crippen molar-refractivity contribution in [2.24, 2.45) is 0 Å². The largest absolute Gasteiger partial charge is 0.393 e. The van der Waals surface area contributed by atoms with E-state index in [0.717, 1.165) is 31.5 Å². The van der Waals surface area contributed by atoms with E-state index in [2.05, 4.69) is 5.32 Å². The highest BCUT2D eigenvalue weighted by Crippen LogP contribution is 2.24. The second-order valence-electron chi connectivity index (χ2n) is 6.36. The van der Waals surface area contributed by atoms with Crippen LogP contribution in [0.5, 0.6) is 0 Å². The zero-order chi connectivity index (χ0) is 16.2. The maximum absolute atomic E-state index is 14.3. The Morgan fingerprint density at radius 3 is 2.57 bits per heavy atom. The van der Waals surface area contributed by atoms with Crippen LogP contribution in [0.3, 0.4) is 0 Å². The number of hydrogen-bond acceptors (Lipinski definition) is 3. The van der Waals surface area contributed by atoms with Crippen LogP contribution in [0.15, 0.2) is 18.2 Å². The number of piperidine rings is 1. The maximum atomic E-state index is 14.3. The van der Waals surface area contributed by atoms with Crippen LogP contribution in [0.4, 0.5) is 14.9 Å². The molecule has 2 fully saturated rings. The molecule has 0 bridgehead atoms. The number of rotatable bonds is 3. The Balaban J connectivity index is 1.57. The molecule has 126 valence electrons. The monoisotopic (exact) mass is 321 g/mol. The van der Waals surface area contributed by atoms with Gasteiger partial charge in [0, 0.05) is 32.7 Å². The van der Waals surface area contributed by atoms with Crippen LogP contribution in [-0.4, -0.2) is 48.3 Å². The molecule has 1 aromatic rings. The Morgan fingerprint density at radius 1 is 1.22 bits per heavy atom. The van der Waals surface area contributed by atoms with Gasteiger partial charge in [0.25, 0.3) is 0 Å². The van der Waals surface area contributed by atoms with Crippen LogP contribution >= 0.6 is 0 Å². The molecule has 2 heterocycles. The first-order valence-corrected chi connectivity index (χ1v) is 8.38. The van der Waals surface area contributed by atoms with Gasteiger partial charge >= 0.3 is 6.03 Å². The van der Waals surface area contributed by atoms with Gasteiger partial charge in [0.15, 0.2) is 0 Å². The lowest BCUT2D eigenvalue weighted by atomic mass is 10.1. The van der Waals surface area contributed by atoms with Crippen molar-refractivity contribution in [3.63, 3.8) is 0 Å². The molecule has 0 atom stereocenters. The molecule has 0 spiro atoms. The van der Waals surface area contributed by atoms with Crippen molar-refractivity contribution in [1.82, 2.24) is 10.2 Å². The number of likely N-dealkylation sites (tertiary alicyclic amines) is 1. The molecular weight excluding hydrogens is 297 g/mol. The fraction of sp³-hybridized carbons (Fsp3) is 0.588. The van der Waals surface area contributed by atoms with Crippen LogP contribution in [-0.2, 0) is 6.54 Å². The van der Waals surface area contributed by atoms with E-state index < -0.39 is 0 Å². The number of nitrogens with one attached hydrogen (secondary N) is 1. The standard InChI is InChI=1S/C17H24FN3O2/c18-15-11-13(12-19-17(23)21-7-1-2-8-21)3-4-16(15)20-9-5-14(22)6-10-20/h3-4,11,14,22H,1-2,5-10,12H2,(H,19,23). The molecule has 2 aliphatic rings. The van der Waals surface area contributed by atoms with Gasteiger partial charge < -0.3 is 20.2 Å². The van der Waals surface area contributed by atoms with Crippen molar-refractivity contribution in [1.29, 1.82) is 0 Å². The highest BCUT2D eigenvalue weighted by molar-refractivity contribution is 5.74. The summed E-state index contributed by atoms with van der Waals surface area (Å²) in [6.45, 7) is 3.29. The molecule has 2 amide bonds. The second-order valence-corrected chi connectivity index (χ2v) is 6.36. The van der Waals surface area contributed by atoms with E-state index in [1.54, 1.807) is 11.0 Å². The summed E-state index contributed by atoms with van der Waals surface area (Å²) in [6.07, 6.45) is 3.19. The molecule has 2 aliphatic heterocycles. The van der Waals surface area contributed by atoms with E-state index in [4.69, 9.17) is 0 Å². The molecule has 23 heavy (non-hydrogen) atoms. The predicted octanol–water partition coefficient (Wildman–Crippen LogP) is 2.09. The predicted molar refractivity (Wildman–Crippen MR) is 86.9 cm³/mol. The smallest absolute Gasteiger partial charge is 0.317 e. The normalized spacial score (nSPS) is 19.2. The van der Waals surface area contributed by atoms with Crippen LogP contribution in [0, 0.1) is 5.82 Å². The fourth-order valence-corrected chi connectivity index (χ4v) is 3.23. The molecule has 6 heteroatoms. The summed E-state index contributed by atoms with van der Waals surface area (Å²) in [7, 11) is 0. The first-order chi connectivity index (χ1) is 11.1. The quantitative estimate of drug-likeness (QED) is 0.896. The number of hydrogen-bond donors (Lipinski definition) is 2. The maximum Gasteiger partial charge on any atom is 0.317 e. The summed E-state index contributed by atoms with van der Waals surface area (Å²) >= 11 is 0. The zero-order valence-corrected chi connectivity index (χ0v) is 13.3. The SMILES string of the molecule is O=C(NCc1ccc(N2CCC(O)CC2)c(F)c1)N1CCCC1. The number of nitrogens with zero attached hydrogens (tertiary/aromatic N) is 2. The Bertz CT molecular complexity index is 553. The molecule has 0 aromatic heterocycles. The minimum absolute atomic E-state index is 0.0722. The summed E-state index contributed by atoms with van der Waals surface area (Å²) in [5, 5.41) is 12.4. The van der Waals surface area contributed by atoms with E-state index >= 15 is 0 Å². The van der Waals surface area contributed by atoms with Crippen molar-refractivity contribution in [3.05, 3.63) is 29.6 Å². The lowest BCUT2D eigenvalue weighted by Gasteiger charge is -2.31. The molecule has 0 unspecified atom stereocenters. The third kappa shape index (κ3) is 3.93. The van der Waals surface area contributed by atoms with Gasteiger partial charge in [-0.2, -0.15) is 0 Å². The van der Waals surface area contributed by atoms with Gasteiger partial charge in [-0.15, -0.1) is 0 Å². The first-order valence-electron chi connectivity index (χ1n) is 8.38. The molecule has 0 aliphatic carbocycles. The van der Waals surface area contributed by atoms with Gasteiger partial charge in [-0.05, 0) is 43.4 Å². The van der Waals surface area contributed by atoms with Gasteiger partial charge in [0.05, 0.1) is 11.8 Å².